The minimum atomic E-state index is -0.433. The first-order valence-electron chi connectivity index (χ1n) is 9.51. The third-order valence-electron chi connectivity index (χ3n) is 4.89. The zero-order chi connectivity index (χ0) is 22.0. The van der Waals surface area contributed by atoms with Crippen LogP contribution in [0.4, 0.5) is 4.39 Å². The average molecular weight is 421 g/mol. The van der Waals surface area contributed by atoms with Crippen LogP contribution in [0.5, 0.6) is 11.5 Å². The Morgan fingerprint density at radius 3 is 2.48 bits per heavy atom. The minimum Gasteiger partial charge on any atom is -0.493 e. The van der Waals surface area contributed by atoms with E-state index in [0.29, 0.717) is 51.5 Å². The molecule has 0 saturated carbocycles. The summed E-state index contributed by atoms with van der Waals surface area (Å²) in [5.41, 5.74) is 2.68. The van der Waals surface area contributed by atoms with E-state index >= 15 is 0 Å². The number of aromatic amines is 1. The van der Waals surface area contributed by atoms with Crippen LogP contribution in [0.1, 0.15) is 17.0 Å². The van der Waals surface area contributed by atoms with Crippen molar-refractivity contribution < 1.29 is 19.0 Å². The molecule has 0 aliphatic rings. The molecule has 0 bridgehead atoms. The summed E-state index contributed by atoms with van der Waals surface area (Å²) in [7, 11) is 3.03. The molecule has 0 unspecified atom stereocenters. The second-order valence-electron chi connectivity index (χ2n) is 6.97. The number of benzene rings is 2. The number of hydrogen-bond acceptors (Lipinski definition) is 6. The van der Waals surface area contributed by atoms with Crippen molar-refractivity contribution in [1.29, 1.82) is 0 Å². The molecule has 0 amide bonds. The molecule has 2 aromatic heterocycles. The first-order valence-corrected chi connectivity index (χ1v) is 9.51. The number of nitrogens with zero attached hydrogens (tertiary/aromatic N) is 2. The van der Waals surface area contributed by atoms with Crippen LogP contribution < -0.4 is 15.0 Å². The molecule has 158 valence electrons. The van der Waals surface area contributed by atoms with E-state index in [2.05, 4.69) is 15.0 Å². The maximum atomic E-state index is 13.7. The van der Waals surface area contributed by atoms with Gasteiger partial charge in [-0.25, -0.2) is 9.37 Å². The Kier molecular flexibility index (Phi) is 5.64. The lowest BCUT2D eigenvalue weighted by molar-refractivity contribution is 0.281. The maximum absolute atomic E-state index is 13.7. The number of H-pyrrole nitrogens is 1. The van der Waals surface area contributed by atoms with Crippen molar-refractivity contribution in [3.8, 4) is 22.8 Å². The standard InChI is InChI=1S/C23H20FN3O4/c1-30-20-9-17-19(10-21(20)31-2)26-22(27-23(17)29)7-13-3-4-18(25-11-13)15-5-14(12-28)6-16(24)8-15/h3-6,8-11,28H,7,12H2,1-2H3,(H,26,27,29). The van der Waals surface area contributed by atoms with Gasteiger partial charge in [0.25, 0.3) is 5.56 Å². The van der Waals surface area contributed by atoms with Crippen LogP contribution in [0.2, 0.25) is 0 Å². The van der Waals surface area contributed by atoms with Gasteiger partial charge in [-0.3, -0.25) is 9.78 Å². The van der Waals surface area contributed by atoms with Crippen LogP contribution in [-0.4, -0.2) is 34.3 Å². The lowest BCUT2D eigenvalue weighted by Gasteiger charge is -2.09. The van der Waals surface area contributed by atoms with Crippen molar-refractivity contribution in [3.05, 3.63) is 81.8 Å². The fourth-order valence-electron chi connectivity index (χ4n) is 3.38. The second-order valence-corrected chi connectivity index (χ2v) is 6.97. The summed E-state index contributed by atoms with van der Waals surface area (Å²) < 4.78 is 24.3. The van der Waals surface area contributed by atoms with E-state index in [0.717, 1.165) is 5.56 Å². The Labute approximate surface area is 177 Å². The fraction of sp³-hybridized carbons (Fsp3) is 0.174. The van der Waals surface area contributed by atoms with E-state index in [4.69, 9.17) is 9.47 Å². The van der Waals surface area contributed by atoms with Crippen molar-refractivity contribution in [1.82, 2.24) is 15.0 Å². The Morgan fingerprint density at radius 2 is 1.81 bits per heavy atom. The molecule has 0 atom stereocenters. The van der Waals surface area contributed by atoms with Crippen LogP contribution in [0.3, 0.4) is 0 Å². The zero-order valence-electron chi connectivity index (χ0n) is 17.0. The lowest BCUT2D eigenvalue weighted by atomic mass is 10.1. The summed E-state index contributed by atoms with van der Waals surface area (Å²) in [5, 5.41) is 9.67. The van der Waals surface area contributed by atoms with Crippen molar-refractivity contribution in [2.45, 2.75) is 13.0 Å². The van der Waals surface area contributed by atoms with Gasteiger partial charge in [0, 0.05) is 24.2 Å². The van der Waals surface area contributed by atoms with E-state index in [-0.39, 0.29) is 12.2 Å². The SMILES string of the molecule is COc1cc2nc(Cc3ccc(-c4cc(F)cc(CO)c4)nc3)[nH]c(=O)c2cc1OC. The third kappa shape index (κ3) is 4.24. The molecule has 7 nitrogen and oxygen atoms in total. The molecule has 31 heavy (non-hydrogen) atoms. The van der Waals surface area contributed by atoms with Crippen LogP contribution in [0.15, 0.2) is 53.5 Å². The highest BCUT2D eigenvalue weighted by molar-refractivity contribution is 5.81. The molecule has 0 spiro atoms. The van der Waals surface area contributed by atoms with Crippen molar-refractivity contribution in [2.24, 2.45) is 0 Å². The number of methoxy groups -OCH3 is 2. The van der Waals surface area contributed by atoms with Gasteiger partial charge in [0.1, 0.15) is 11.6 Å². The van der Waals surface area contributed by atoms with E-state index in [9.17, 15) is 14.3 Å². The quantitative estimate of drug-likeness (QED) is 0.496. The van der Waals surface area contributed by atoms with Crippen LogP contribution in [0, 0.1) is 5.82 Å². The number of halogens is 1. The second kappa shape index (κ2) is 8.53. The van der Waals surface area contributed by atoms with Gasteiger partial charge < -0.3 is 19.6 Å². The Morgan fingerprint density at radius 1 is 1.03 bits per heavy atom. The van der Waals surface area contributed by atoms with Gasteiger partial charge in [-0.1, -0.05) is 6.07 Å². The van der Waals surface area contributed by atoms with Gasteiger partial charge >= 0.3 is 0 Å². The van der Waals surface area contributed by atoms with Crippen molar-refractivity contribution in [3.63, 3.8) is 0 Å². The smallest absolute Gasteiger partial charge is 0.258 e. The van der Waals surface area contributed by atoms with E-state index in [1.807, 2.05) is 6.07 Å². The summed E-state index contributed by atoms with van der Waals surface area (Å²) in [6, 6.07) is 11.2. The molecule has 8 heteroatoms. The van der Waals surface area contributed by atoms with E-state index in [1.54, 1.807) is 30.5 Å². The number of fused-ring (bicyclic) bond motifs is 1. The van der Waals surface area contributed by atoms with Gasteiger partial charge in [-0.15, -0.1) is 0 Å². The Bertz CT molecular complexity index is 1300. The Balaban J connectivity index is 1.63. The predicted molar refractivity (Wildman–Crippen MR) is 114 cm³/mol. The summed E-state index contributed by atoms with van der Waals surface area (Å²) in [6.45, 7) is -0.250. The van der Waals surface area contributed by atoms with Gasteiger partial charge in [-0.05, 0) is 41.5 Å². The van der Waals surface area contributed by atoms with E-state index < -0.39 is 5.82 Å². The largest absolute Gasteiger partial charge is 0.493 e. The highest BCUT2D eigenvalue weighted by Gasteiger charge is 2.12. The molecule has 0 aliphatic carbocycles. The molecule has 2 heterocycles. The predicted octanol–water partition coefficient (Wildman–Crippen LogP) is 3.22. The van der Waals surface area contributed by atoms with Crippen LogP contribution in [-0.2, 0) is 13.0 Å². The average Bonchev–Trinajstić information content (AvgIpc) is 2.78. The first-order chi connectivity index (χ1) is 15.0. The number of aliphatic hydroxyl groups is 1. The number of pyridine rings is 1. The zero-order valence-corrected chi connectivity index (χ0v) is 17.0. The minimum absolute atomic E-state index is 0.250. The van der Waals surface area contributed by atoms with Gasteiger partial charge in [0.15, 0.2) is 11.5 Å². The topological polar surface area (TPSA) is 97.3 Å². The third-order valence-corrected chi connectivity index (χ3v) is 4.89. The maximum Gasteiger partial charge on any atom is 0.258 e. The molecular weight excluding hydrogens is 401 g/mol. The molecule has 4 rings (SSSR count). The summed E-state index contributed by atoms with van der Waals surface area (Å²) in [4.78, 5) is 24.2. The van der Waals surface area contributed by atoms with Crippen LogP contribution in [0.25, 0.3) is 22.2 Å². The molecule has 0 saturated heterocycles. The molecule has 0 radical (unpaired) electrons. The molecule has 2 N–H and O–H groups in total. The summed E-state index contributed by atoms with van der Waals surface area (Å²) in [6.07, 6.45) is 2.01. The monoisotopic (exact) mass is 421 g/mol. The molecule has 4 aromatic rings. The first kappa shape index (κ1) is 20.5. The molecular formula is C23H20FN3O4. The van der Waals surface area contributed by atoms with Gasteiger partial charge in [-0.2, -0.15) is 0 Å². The number of hydrogen-bond donors (Lipinski definition) is 2. The normalized spacial score (nSPS) is 11.0. The number of nitrogens with one attached hydrogen (secondary N) is 1. The van der Waals surface area contributed by atoms with Crippen LogP contribution >= 0.6 is 0 Å². The summed E-state index contributed by atoms with van der Waals surface area (Å²) in [5.74, 6) is 0.990. The number of rotatable bonds is 6. The molecule has 2 aromatic carbocycles. The highest BCUT2D eigenvalue weighted by atomic mass is 19.1. The van der Waals surface area contributed by atoms with Gasteiger partial charge in [0.05, 0.1) is 37.4 Å². The van der Waals surface area contributed by atoms with Crippen molar-refractivity contribution >= 4 is 10.9 Å². The number of ether oxygens (including phenoxy) is 2. The summed E-state index contributed by atoms with van der Waals surface area (Å²) >= 11 is 0. The lowest BCUT2D eigenvalue weighted by Crippen LogP contribution is -2.12. The molecule has 0 aliphatic heterocycles. The number of aromatic nitrogens is 3. The van der Waals surface area contributed by atoms with Crippen molar-refractivity contribution in [2.75, 3.05) is 14.2 Å². The van der Waals surface area contributed by atoms with E-state index in [1.165, 1.54) is 26.4 Å². The van der Waals surface area contributed by atoms with Gasteiger partial charge in [0.2, 0.25) is 0 Å². The Hall–Kier alpha value is -3.78. The number of aliphatic hydroxyl groups excluding tert-OH is 1. The molecule has 0 fully saturated rings. The highest BCUT2D eigenvalue weighted by Crippen LogP contribution is 2.30. The fourth-order valence-corrected chi connectivity index (χ4v) is 3.38.